The van der Waals surface area contributed by atoms with Gasteiger partial charge in [0.15, 0.2) is 0 Å². The van der Waals surface area contributed by atoms with Crippen LogP contribution in [-0.4, -0.2) is 48.9 Å². The molecule has 140 valence electrons. The van der Waals surface area contributed by atoms with E-state index < -0.39 is 10.0 Å². The monoisotopic (exact) mass is 396 g/mol. The van der Waals surface area contributed by atoms with Gasteiger partial charge in [0.2, 0.25) is 10.0 Å². The SMILES string of the molecule is COc1ccc(Cl)cc1S(=O)(=O)N1CCC(Nc2cc(C)ncn2)CC1. The van der Waals surface area contributed by atoms with Gasteiger partial charge in [-0.05, 0) is 38.0 Å². The molecule has 1 fully saturated rings. The van der Waals surface area contributed by atoms with Gasteiger partial charge in [0.05, 0.1) is 7.11 Å². The molecule has 0 aliphatic carbocycles. The normalized spacial score (nSPS) is 16.4. The average molecular weight is 397 g/mol. The first-order valence-electron chi connectivity index (χ1n) is 8.29. The van der Waals surface area contributed by atoms with E-state index in [2.05, 4.69) is 15.3 Å². The Labute approximate surface area is 158 Å². The molecule has 26 heavy (non-hydrogen) atoms. The van der Waals surface area contributed by atoms with Crippen LogP contribution < -0.4 is 10.1 Å². The quantitative estimate of drug-likeness (QED) is 0.836. The van der Waals surface area contributed by atoms with Gasteiger partial charge in [-0.3, -0.25) is 0 Å². The van der Waals surface area contributed by atoms with E-state index in [-0.39, 0.29) is 10.9 Å². The molecule has 7 nitrogen and oxygen atoms in total. The third-order valence-corrected chi connectivity index (χ3v) is 6.51. The lowest BCUT2D eigenvalue weighted by atomic mass is 10.1. The second-order valence-corrected chi connectivity index (χ2v) is 8.51. The van der Waals surface area contributed by atoms with Gasteiger partial charge in [-0.2, -0.15) is 4.31 Å². The lowest BCUT2D eigenvalue weighted by molar-refractivity contribution is 0.327. The molecule has 0 amide bonds. The van der Waals surface area contributed by atoms with E-state index in [9.17, 15) is 8.42 Å². The van der Waals surface area contributed by atoms with Crippen LogP contribution in [0.15, 0.2) is 35.5 Å². The molecule has 0 radical (unpaired) electrons. The summed E-state index contributed by atoms with van der Waals surface area (Å²) < 4.78 is 32.6. The molecule has 0 spiro atoms. The number of halogens is 1. The lowest BCUT2D eigenvalue weighted by Gasteiger charge is -2.32. The molecule has 2 heterocycles. The first kappa shape index (κ1) is 18.9. The summed E-state index contributed by atoms with van der Waals surface area (Å²) in [5.74, 6) is 1.06. The summed E-state index contributed by atoms with van der Waals surface area (Å²) in [5, 5.41) is 3.71. The Bertz CT molecular complexity index is 883. The number of hydrogen-bond donors (Lipinski definition) is 1. The fourth-order valence-electron chi connectivity index (χ4n) is 2.97. The van der Waals surface area contributed by atoms with Crippen molar-refractivity contribution in [3.05, 3.63) is 41.3 Å². The van der Waals surface area contributed by atoms with E-state index in [4.69, 9.17) is 16.3 Å². The lowest BCUT2D eigenvalue weighted by Crippen LogP contribution is -2.42. The number of methoxy groups -OCH3 is 1. The van der Waals surface area contributed by atoms with Crippen LogP contribution in [0.3, 0.4) is 0 Å². The van der Waals surface area contributed by atoms with Crippen molar-refractivity contribution in [2.24, 2.45) is 0 Å². The number of nitrogens with zero attached hydrogens (tertiary/aromatic N) is 3. The second-order valence-electron chi connectivity index (χ2n) is 6.16. The van der Waals surface area contributed by atoms with Gasteiger partial charge in [0, 0.05) is 35.9 Å². The Kier molecular flexibility index (Phi) is 5.64. The predicted molar refractivity (Wildman–Crippen MR) is 100 cm³/mol. The summed E-state index contributed by atoms with van der Waals surface area (Å²) in [6, 6.07) is 6.65. The minimum atomic E-state index is -3.66. The average Bonchev–Trinajstić information content (AvgIpc) is 2.62. The fraction of sp³-hybridized carbons (Fsp3) is 0.412. The maximum atomic E-state index is 13.0. The smallest absolute Gasteiger partial charge is 0.246 e. The highest BCUT2D eigenvalue weighted by Gasteiger charge is 2.31. The summed E-state index contributed by atoms with van der Waals surface area (Å²) in [5.41, 5.74) is 0.885. The summed E-state index contributed by atoms with van der Waals surface area (Å²) in [7, 11) is -2.21. The molecular weight excluding hydrogens is 376 g/mol. The zero-order valence-electron chi connectivity index (χ0n) is 14.6. The number of rotatable bonds is 5. The predicted octanol–water partition coefficient (Wildman–Crippen LogP) is 2.71. The van der Waals surface area contributed by atoms with Gasteiger partial charge >= 0.3 is 0 Å². The highest BCUT2D eigenvalue weighted by Crippen LogP contribution is 2.31. The molecular formula is C17H21ClN4O3S. The van der Waals surface area contributed by atoms with Crippen molar-refractivity contribution in [1.29, 1.82) is 0 Å². The number of sulfonamides is 1. The highest BCUT2D eigenvalue weighted by molar-refractivity contribution is 7.89. The minimum Gasteiger partial charge on any atom is -0.495 e. The largest absolute Gasteiger partial charge is 0.495 e. The van der Waals surface area contributed by atoms with E-state index in [0.29, 0.717) is 36.7 Å². The Balaban J connectivity index is 1.70. The van der Waals surface area contributed by atoms with Crippen molar-refractivity contribution in [1.82, 2.24) is 14.3 Å². The maximum absolute atomic E-state index is 13.0. The van der Waals surface area contributed by atoms with Gasteiger partial charge in [0.25, 0.3) is 0 Å². The van der Waals surface area contributed by atoms with Crippen molar-refractivity contribution in [2.45, 2.75) is 30.7 Å². The number of aromatic nitrogens is 2. The topological polar surface area (TPSA) is 84.4 Å². The fourth-order valence-corrected chi connectivity index (χ4v) is 4.86. The molecule has 1 aliphatic heterocycles. The summed E-state index contributed by atoms with van der Waals surface area (Å²) in [6.45, 7) is 2.74. The van der Waals surface area contributed by atoms with Crippen molar-refractivity contribution >= 4 is 27.4 Å². The van der Waals surface area contributed by atoms with E-state index in [0.717, 1.165) is 11.5 Å². The number of anilines is 1. The van der Waals surface area contributed by atoms with Gasteiger partial charge in [0.1, 0.15) is 22.8 Å². The number of benzene rings is 1. The van der Waals surface area contributed by atoms with Crippen LogP contribution in [0, 0.1) is 6.92 Å². The molecule has 0 atom stereocenters. The van der Waals surface area contributed by atoms with Crippen LogP contribution in [0.25, 0.3) is 0 Å². The van der Waals surface area contributed by atoms with Crippen molar-refractivity contribution in [2.75, 3.05) is 25.5 Å². The van der Waals surface area contributed by atoms with Gasteiger partial charge in [-0.15, -0.1) is 0 Å². The van der Waals surface area contributed by atoms with Crippen LogP contribution >= 0.6 is 11.6 Å². The van der Waals surface area contributed by atoms with Gasteiger partial charge in [-0.25, -0.2) is 18.4 Å². The molecule has 0 saturated carbocycles. The first-order valence-corrected chi connectivity index (χ1v) is 10.1. The molecule has 1 aliphatic rings. The highest BCUT2D eigenvalue weighted by atomic mass is 35.5. The van der Waals surface area contributed by atoms with Crippen LogP contribution in [0.2, 0.25) is 5.02 Å². The number of ether oxygens (including phenoxy) is 1. The molecule has 0 unspecified atom stereocenters. The molecule has 1 aromatic heterocycles. The Morgan fingerprint density at radius 2 is 1.96 bits per heavy atom. The van der Waals surface area contributed by atoms with Crippen molar-refractivity contribution < 1.29 is 13.2 Å². The van der Waals surface area contributed by atoms with Gasteiger partial charge < -0.3 is 10.1 Å². The van der Waals surface area contributed by atoms with E-state index in [1.54, 1.807) is 12.1 Å². The zero-order valence-corrected chi connectivity index (χ0v) is 16.2. The van der Waals surface area contributed by atoms with Crippen molar-refractivity contribution in [3.8, 4) is 5.75 Å². The van der Waals surface area contributed by atoms with Crippen LogP contribution in [0.1, 0.15) is 18.5 Å². The molecule has 2 aromatic rings. The van der Waals surface area contributed by atoms with E-state index in [1.165, 1.54) is 23.8 Å². The number of hydrogen-bond acceptors (Lipinski definition) is 6. The molecule has 0 bridgehead atoms. The molecule has 1 N–H and O–H groups in total. The minimum absolute atomic E-state index is 0.102. The molecule has 9 heteroatoms. The van der Waals surface area contributed by atoms with E-state index in [1.807, 2.05) is 13.0 Å². The van der Waals surface area contributed by atoms with Crippen molar-refractivity contribution in [3.63, 3.8) is 0 Å². The number of piperidine rings is 1. The summed E-state index contributed by atoms with van der Waals surface area (Å²) >= 11 is 5.98. The third-order valence-electron chi connectivity index (χ3n) is 4.35. The Morgan fingerprint density at radius 1 is 1.23 bits per heavy atom. The van der Waals surface area contributed by atoms with Crippen LogP contribution in [-0.2, 0) is 10.0 Å². The third kappa shape index (κ3) is 4.08. The van der Waals surface area contributed by atoms with Crippen LogP contribution in [0.4, 0.5) is 5.82 Å². The number of nitrogens with one attached hydrogen (secondary N) is 1. The summed E-state index contributed by atoms with van der Waals surface area (Å²) in [6.07, 6.45) is 2.89. The van der Waals surface area contributed by atoms with Gasteiger partial charge in [-0.1, -0.05) is 11.6 Å². The zero-order chi connectivity index (χ0) is 18.7. The molecule has 1 saturated heterocycles. The Morgan fingerprint density at radius 3 is 2.62 bits per heavy atom. The van der Waals surface area contributed by atoms with Crippen LogP contribution in [0.5, 0.6) is 5.75 Å². The maximum Gasteiger partial charge on any atom is 0.246 e. The number of aryl methyl sites for hydroxylation is 1. The first-order chi connectivity index (χ1) is 12.4. The van der Waals surface area contributed by atoms with E-state index >= 15 is 0 Å². The second kappa shape index (κ2) is 7.77. The Hall–Kier alpha value is -1.90. The molecule has 1 aromatic carbocycles. The standard InChI is InChI=1S/C17H21ClN4O3S/c1-12-9-17(20-11-19-12)21-14-5-7-22(8-6-14)26(23,24)16-10-13(18)3-4-15(16)25-2/h3-4,9-11,14H,5-8H2,1-2H3,(H,19,20,21). The summed E-state index contributed by atoms with van der Waals surface area (Å²) in [4.78, 5) is 8.37. The molecule has 3 rings (SSSR count).